The number of rotatable bonds is 5. The lowest BCUT2D eigenvalue weighted by Gasteiger charge is -2.29. The first-order chi connectivity index (χ1) is 14.3. The molecule has 0 saturated heterocycles. The first kappa shape index (κ1) is 20.1. The molecule has 0 radical (unpaired) electrons. The van der Waals surface area contributed by atoms with Gasteiger partial charge in [0.05, 0.1) is 13.1 Å². The molecule has 0 amide bonds. The minimum absolute atomic E-state index is 0.475. The van der Waals surface area contributed by atoms with Crippen LogP contribution in [0, 0.1) is 0 Å². The Kier molecular flexibility index (Phi) is 5.33. The van der Waals surface area contributed by atoms with Gasteiger partial charge in [-0.15, -0.1) is 0 Å². The van der Waals surface area contributed by atoms with E-state index in [1.807, 2.05) is 48.6 Å². The smallest absolute Gasteiger partial charge is 0.210 e. The molecule has 0 saturated carbocycles. The van der Waals surface area contributed by atoms with Gasteiger partial charge in [0.1, 0.15) is 11.2 Å². The van der Waals surface area contributed by atoms with Crippen molar-refractivity contribution in [3.05, 3.63) is 95.1 Å². The van der Waals surface area contributed by atoms with Crippen molar-refractivity contribution in [2.24, 2.45) is 9.98 Å². The Bertz CT molecular complexity index is 944. The molecule has 0 N–H and O–H groups in total. The third-order valence-corrected chi connectivity index (χ3v) is 5.36. The topological polar surface area (TPSA) is 43.2 Å². The summed E-state index contributed by atoms with van der Waals surface area (Å²) in [4.78, 5) is 9.35. The lowest BCUT2D eigenvalue weighted by atomic mass is 9.84. The van der Waals surface area contributed by atoms with Crippen LogP contribution in [-0.4, -0.2) is 23.0 Å². The van der Waals surface area contributed by atoms with E-state index in [9.17, 15) is 0 Å². The molecule has 30 heavy (non-hydrogen) atoms. The molecule has 0 unspecified atom stereocenters. The second-order valence-electron chi connectivity index (χ2n) is 8.62. The predicted octanol–water partition coefficient (Wildman–Crippen LogP) is 5.65. The van der Waals surface area contributed by atoms with Crippen molar-refractivity contribution >= 4 is 11.8 Å². The van der Waals surface area contributed by atoms with Gasteiger partial charge in [0.15, 0.2) is 0 Å². The fourth-order valence-corrected chi connectivity index (χ4v) is 3.75. The molecule has 2 aromatic carbocycles. The maximum absolute atomic E-state index is 6.17. The fourth-order valence-electron chi connectivity index (χ4n) is 3.75. The van der Waals surface area contributed by atoms with Gasteiger partial charge >= 0.3 is 0 Å². The zero-order valence-corrected chi connectivity index (χ0v) is 18.1. The third-order valence-electron chi connectivity index (χ3n) is 5.36. The van der Waals surface area contributed by atoms with Crippen LogP contribution in [0.4, 0.5) is 0 Å². The number of ether oxygens (including phenoxy) is 2. The summed E-state index contributed by atoms with van der Waals surface area (Å²) in [5, 5.41) is 0. The second-order valence-corrected chi connectivity index (χ2v) is 8.62. The lowest BCUT2D eigenvalue weighted by Crippen LogP contribution is -2.31. The van der Waals surface area contributed by atoms with Crippen molar-refractivity contribution in [3.8, 4) is 0 Å². The largest absolute Gasteiger partial charge is 0.467 e. The molecular weight excluding hydrogens is 372 g/mol. The molecule has 154 valence electrons. The van der Waals surface area contributed by atoms with Crippen molar-refractivity contribution in [2.75, 3.05) is 0 Å². The van der Waals surface area contributed by atoms with Crippen molar-refractivity contribution in [1.29, 1.82) is 0 Å². The van der Waals surface area contributed by atoms with Crippen LogP contribution in [0.1, 0.15) is 38.8 Å². The number of benzene rings is 2. The van der Waals surface area contributed by atoms with Crippen LogP contribution < -0.4 is 0 Å². The van der Waals surface area contributed by atoms with E-state index in [0.29, 0.717) is 24.9 Å². The summed E-state index contributed by atoms with van der Waals surface area (Å²) in [5.74, 6) is 1.32. The first-order valence-electron chi connectivity index (χ1n) is 10.3. The molecule has 2 aliphatic heterocycles. The van der Waals surface area contributed by atoms with Crippen molar-refractivity contribution in [1.82, 2.24) is 0 Å². The molecule has 2 heterocycles. The van der Waals surface area contributed by atoms with E-state index in [1.54, 1.807) is 0 Å². The van der Waals surface area contributed by atoms with Crippen LogP contribution in [0.15, 0.2) is 93.9 Å². The molecule has 0 bridgehead atoms. The quantitative estimate of drug-likeness (QED) is 0.650. The van der Waals surface area contributed by atoms with E-state index in [1.165, 1.54) is 0 Å². The van der Waals surface area contributed by atoms with E-state index in [0.717, 1.165) is 22.3 Å². The van der Waals surface area contributed by atoms with Crippen LogP contribution in [-0.2, 0) is 22.6 Å². The van der Waals surface area contributed by atoms with Crippen LogP contribution in [0.5, 0.6) is 0 Å². The van der Waals surface area contributed by atoms with Crippen LogP contribution in [0.2, 0.25) is 0 Å². The van der Waals surface area contributed by atoms with Gasteiger partial charge in [-0.2, -0.15) is 0 Å². The Morgan fingerprint density at radius 1 is 0.600 bits per heavy atom. The average Bonchev–Trinajstić information content (AvgIpc) is 3.20. The Morgan fingerprint density at radius 3 is 1.33 bits per heavy atom. The zero-order chi connectivity index (χ0) is 21.2. The van der Waals surface area contributed by atoms with E-state index in [4.69, 9.17) is 9.47 Å². The van der Waals surface area contributed by atoms with Gasteiger partial charge in [-0.3, -0.25) is 0 Å². The molecule has 4 heteroatoms. The highest BCUT2D eigenvalue weighted by Crippen LogP contribution is 2.42. The molecule has 0 fully saturated rings. The van der Waals surface area contributed by atoms with E-state index < -0.39 is 11.2 Å². The number of hydrogen-bond donors (Lipinski definition) is 0. The van der Waals surface area contributed by atoms with Gasteiger partial charge < -0.3 is 9.47 Å². The van der Waals surface area contributed by atoms with Gasteiger partial charge in [-0.25, -0.2) is 9.98 Å². The molecule has 0 aliphatic carbocycles. The Labute approximate surface area is 178 Å². The summed E-state index contributed by atoms with van der Waals surface area (Å²) in [6.45, 7) is 9.47. The maximum atomic E-state index is 6.17. The summed E-state index contributed by atoms with van der Waals surface area (Å²) in [6.07, 6.45) is 4.08. The molecule has 2 aliphatic rings. The maximum Gasteiger partial charge on any atom is 0.210 e. The molecule has 0 atom stereocenters. The van der Waals surface area contributed by atoms with Crippen LogP contribution >= 0.6 is 0 Å². The minimum Gasteiger partial charge on any atom is -0.467 e. The molecule has 4 rings (SSSR count). The Balaban J connectivity index is 1.58. The molecular formula is C26H28N2O2. The standard InChI is InChI=1S/C26H28N2O2/c1-25(2)21(15-23(29-25)27-17-19-11-7-5-8-12-19)22-16-24(30-26(22,3)4)28-18-20-13-9-6-10-14-20/h5-16H,17-18H2,1-4H3. The van der Waals surface area contributed by atoms with Crippen LogP contribution in [0.3, 0.4) is 0 Å². The lowest BCUT2D eigenvalue weighted by molar-refractivity contribution is 0.126. The molecule has 2 aromatic rings. The van der Waals surface area contributed by atoms with Crippen molar-refractivity contribution in [2.45, 2.75) is 52.0 Å². The Morgan fingerprint density at radius 2 is 0.967 bits per heavy atom. The summed E-state index contributed by atoms with van der Waals surface area (Å²) in [5.41, 5.74) is 3.54. The third kappa shape index (κ3) is 4.38. The van der Waals surface area contributed by atoms with Gasteiger partial charge in [-0.05, 0) is 38.8 Å². The number of aliphatic imine (C=N–C) groups is 2. The Hall–Kier alpha value is -3.14. The van der Waals surface area contributed by atoms with Gasteiger partial charge in [-0.1, -0.05) is 60.7 Å². The van der Waals surface area contributed by atoms with Crippen molar-refractivity contribution in [3.63, 3.8) is 0 Å². The fraction of sp³-hybridized carbons (Fsp3) is 0.308. The monoisotopic (exact) mass is 400 g/mol. The van der Waals surface area contributed by atoms with Crippen LogP contribution in [0.25, 0.3) is 0 Å². The normalized spacial score (nSPS) is 21.9. The highest BCUT2D eigenvalue weighted by molar-refractivity contribution is 5.97. The summed E-state index contributed by atoms with van der Waals surface area (Å²) in [6, 6.07) is 20.4. The second kappa shape index (κ2) is 7.94. The molecule has 4 nitrogen and oxygen atoms in total. The van der Waals surface area contributed by atoms with E-state index in [-0.39, 0.29) is 0 Å². The predicted molar refractivity (Wildman–Crippen MR) is 122 cm³/mol. The average molecular weight is 401 g/mol. The molecule has 0 spiro atoms. The summed E-state index contributed by atoms with van der Waals surface area (Å²) < 4.78 is 12.3. The first-order valence-corrected chi connectivity index (χ1v) is 10.3. The van der Waals surface area contributed by atoms with Gasteiger partial charge in [0.2, 0.25) is 11.8 Å². The van der Waals surface area contributed by atoms with Crippen molar-refractivity contribution < 1.29 is 9.47 Å². The minimum atomic E-state index is -0.475. The summed E-state index contributed by atoms with van der Waals surface area (Å²) >= 11 is 0. The van der Waals surface area contributed by atoms with E-state index in [2.05, 4.69) is 61.9 Å². The highest BCUT2D eigenvalue weighted by atomic mass is 16.5. The highest BCUT2D eigenvalue weighted by Gasteiger charge is 2.43. The van der Waals surface area contributed by atoms with E-state index >= 15 is 0 Å². The SMILES string of the molecule is CC1(C)OC(=NCc2ccccc2)C=C1C1=CC(=NCc2ccccc2)OC1(C)C. The summed E-state index contributed by atoms with van der Waals surface area (Å²) in [7, 11) is 0. The zero-order valence-electron chi connectivity index (χ0n) is 18.1. The van der Waals surface area contributed by atoms with Gasteiger partial charge in [0.25, 0.3) is 0 Å². The van der Waals surface area contributed by atoms with Gasteiger partial charge in [0, 0.05) is 23.3 Å². The molecule has 0 aromatic heterocycles. The number of nitrogens with zero attached hydrogens (tertiary/aromatic N) is 2. The number of hydrogen-bond acceptors (Lipinski definition) is 4.